The molecule has 0 saturated heterocycles. The number of amides is 1. The third kappa shape index (κ3) is 1.08. The lowest BCUT2D eigenvalue weighted by atomic mass is 10.3. The molecule has 2 rings (SSSR count). The van der Waals surface area contributed by atoms with Crippen molar-refractivity contribution in [3.05, 3.63) is 24.3 Å². The van der Waals surface area contributed by atoms with Crippen LogP contribution in [-0.2, 0) is 0 Å². The number of hydrogen-bond donors (Lipinski definition) is 2. The highest BCUT2D eigenvalue weighted by Crippen LogP contribution is 2.13. The van der Waals surface area contributed by atoms with Crippen LogP contribution in [0.3, 0.4) is 0 Å². The molecule has 0 aromatic carbocycles. The van der Waals surface area contributed by atoms with Crippen LogP contribution in [0.2, 0.25) is 0 Å². The van der Waals surface area contributed by atoms with Crippen molar-refractivity contribution in [2.45, 2.75) is 0 Å². The number of imidazole rings is 1. The fraction of sp³-hybridized carbons (Fsp3) is 0.125. The Balaban J connectivity index is 2.76. The molecule has 2 aromatic heterocycles. The lowest BCUT2D eigenvalue weighted by Gasteiger charge is -2.04. The fourth-order valence-corrected chi connectivity index (χ4v) is 1.25. The summed E-state index contributed by atoms with van der Waals surface area (Å²) < 4.78 is 1.64. The molecule has 6 heteroatoms. The average molecular weight is 191 g/mol. The Morgan fingerprint density at radius 2 is 2.36 bits per heavy atom. The second kappa shape index (κ2) is 2.99. The van der Waals surface area contributed by atoms with Crippen LogP contribution >= 0.6 is 0 Å². The Kier molecular flexibility index (Phi) is 1.81. The van der Waals surface area contributed by atoms with Crippen LogP contribution in [0.25, 0.3) is 5.65 Å². The van der Waals surface area contributed by atoms with Crippen LogP contribution in [0.5, 0.6) is 0 Å². The molecule has 0 bridgehead atoms. The first-order valence-corrected chi connectivity index (χ1v) is 4.03. The standard InChI is InChI=1S/C8H9N5O/c1-10-8(14)5-6(9)12-4-13-3-2-11-7(5)13/h2-4H,9H2,1H3,(H,10,14). The lowest BCUT2D eigenvalue weighted by Crippen LogP contribution is -2.21. The summed E-state index contributed by atoms with van der Waals surface area (Å²) in [6.07, 6.45) is 4.81. The molecule has 0 saturated carbocycles. The normalized spacial score (nSPS) is 10.4. The molecule has 2 aromatic rings. The molecular formula is C8H9N5O. The van der Waals surface area contributed by atoms with Gasteiger partial charge >= 0.3 is 0 Å². The molecule has 0 aliphatic heterocycles. The van der Waals surface area contributed by atoms with Gasteiger partial charge in [-0.2, -0.15) is 0 Å². The van der Waals surface area contributed by atoms with Gasteiger partial charge in [-0.25, -0.2) is 9.97 Å². The Morgan fingerprint density at radius 1 is 1.57 bits per heavy atom. The molecule has 0 spiro atoms. The zero-order valence-corrected chi connectivity index (χ0v) is 7.56. The molecule has 0 atom stereocenters. The van der Waals surface area contributed by atoms with E-state index in [-0.39, 0.29) is 11.7 Å². The molecule has 1 amide bonds. The molecule has 2 heterocycles. The van der Waals surface area contributed by atoms with E-state index in [1.54, 1.807) is 16.8 Å². The van der Waals surface area contributed by atoms with E-state index in [2.05, 4.69) is 15.3 Å². The second-order valence-electron chi connectivity index (χ2n) is 2.74. The van der Waals surface area contributed by atoms with E-state index in [0.29, 0.717) is 11.2 Å². The molecule has 0 radical (unpaired) electrons. The maximum atomic E-state index is 11.5. The quantitative estimate of drug-likeness (QED) is 0.646. The number of nitrogens with zero attached hydrogens (tertiary/aromatic N) is 3. The van der Waals surface area contributed by atoms with Gasteiger partial charge in [-0.05, 0) is 0 Å². The largest absolute Gasteiger partial charge is 0.383 e. The summed E-state index contributed by atoms with van der Waals surface area (Å²) in [5, 5.41) is 2.49. The number of carbonyl (C=O) groups is 1. The minimum absolute atomic E-state index is 0.183. The van der Waals surface area contributed by atoms with Crippen molar-refractivity contribution in [3.8, 4) is 0 Å². The average Bonchev–Trinajstić information content (AvgIpc) is 2.64. The van der Waals surface area contributed by atoms with Crippen LogP contribution in [0.15, 0.2) is 18.7 Å². The zero-order chi connectivity index (χ0) is 10.1. The van der Waals surface area contributed by atoms with Crippen LogP contribution in [0.4, 0.5) is 5.82 Å². The van der Waals surface area contributed by atoms with E-state index in [0.717, 1.165) is 0 Å². The van der Waals surface area contributed by atoms with Gasteiger partial charge in [0.05, 0.1) is 0 Å². The molecule has 0 aliphatic rings. The maximum Gasteiger partial charge on any atom is 0.258 e. The van der Waals surface area contributed by atoms with Crippen molar-refractivity contribution in [2.24, 2.45) is 0 Å². The predicted octanol–water partition coefficient (Wildman–Crippen LogP) is -0.329. The van der Waals surface area contributed by atoms with E-state index >= 15 is 0 Å². The second-order valence-corrected chi connectivity index (χ2v) is 2.74. The third-order valence-corrected chi connectivity index (χ3v) is 1.92. The predicted molar refractivity (Wildman–Crippen MR) is 50.8 cm³/mol. The Hall–Kier alpha value is -2.11. The minimum Gasteiger partial charge on any atom is -0.383 e. The Bertz CT molecular complexity index is 489. The first-order chi connectivity index (χ1) is 6.74. The summed E-state index contributed by atoms with van der Waals surface area (Å²) in [7, 11) is 1.54. The van der Waals surface area contributed by atoms with Gasteiger partial charge in [-0.3, -0.25) is 9.20 Å². The summed E-state index contributed by atoms with van der Waals surface area (Å²) >= 11 is 0. The molecule has 6 nitrogen and oxygen atoms in total. The number of nitrogens with one attached hydrogen (secondary N) is 1. The minimum atomic E-state index is -0.285. The molecule has 3 N–H and O–H groups in total. The van der Waals surface area contributed by atoms with Gasteiger partial charge in [0.1, 0.15) is 17.7 Å². The van der Waals surface area contributed by atoms with Crippen molar-refractivity contribution in [3.63, 3.8) is 0 Å². The summed E-state index contributed by atoms with van der Waals surface area (Å²) in [5.41, 5.74) is 6.41. The summed E-state index contributed by atoms with van der Waals surface area (Å²) in [6, 6.07) is 0. The number of anilines is 1. The smallest absolute Gasteiger partial charge is 0.258 e. The molecule has 14 heavy (non-hydrogen) atoms. The first kappa shape index (κ1) is 8.49. The highest BCUT2D eigenvalue weighted by atomic mass is 16.1. The maximum absolute atomic E-state index is 11.5. The van der Waals surface area contributed by atoms with Gasteiger partial charge in [0.2, 0.25) is 0 Å². The van der Waals surface area contributed by atoms with Gasteiger partial charge in [-0.1, -0.05) is 0 Å². The highest BCUT2D eigenvalue weighted by Gasteiger charge is 2.14. The van der Waals surface area contributed by atoms with E-state index in [4.69, 9.17) is 5.73 Å². The van der Waals surface area contributed by atoms with E-state index in [1.807, 2.05) is 0 Å². The van der Waals surface area contributed by atoms with Crippen LogP contribution in [0, 0.1) is 0 Å². The summed E-state index contributed by atoms with van der Waals surface area (Å²) in [4.78, 5) is 19.4. The van der Waals surface area contributed by atoms with Gasteiger partial charge in [0.15, 0.2) is 5.65 Å². The van der Waals surface area contributed by atoms with E-state index in [1.165, 1.54) is 13.4 Å². The number of fused-ring (bicyclic) bond motifs is 1. The van der Waals surface area contributed by atoms with Gasteiger partial charge in [0.25, 0.3) is 5.91 Å². The van der Waals surface area contributed by atoms with Gasteiger partial charge < -0.3 is 11.1 Å². The molecule has 72 valence electrons. The van der Waals surface area contributed by atoms with Crippen LogP contribution in [0.1, 0.15) is 10.4 Å². The summed E-state index contributed by atoms with van der Waals surface area (Å²) in [6.45, 7) is 0. The van der Waals surface area contributed by atoms with Crippen molar-refractivity contribution >= 4 is 17.4 Å². The number of hydrogen-bond acceptors (Lipinski definition) is 4. The van der Waals surface area contributed by atoms with Crippen molar-refractivity contribution in [1.82, 2.24) is 19.7 Å². The number of aromatic nitrogens is 3. The number of rotatable bonds is 1. The molecule has 0 fully saturated rings. The van der Waals surface area contributed by atoms with E-state index in [9.17, 15) is 4.79 Å². The zero-order valence-electron chi connectivity index (χ0n) is 7.56. The van der Waals surface area contributed by atoms with Crippen LogP contribution in [-0.4, -0.2) is 27.3 Å². The Morgan fingerprint density at radius 3 is 3.07 bits per heavy atom. The lowest BCUT2D eigenvalue weighted by molar-refractivity contribution is 0.0965. The third-order valence-electron chi connectivity index (χ3n) is 1.92. The first-order valence-electron chi connectivity index (χ1n) is 4.03. The van der Waals surface area contributed by atoms with Crippen LogP contribution < -0.4 is 11.1 Å². The number of carbonyl (C=O) groups excluding carboxylic acids is 1. The summed E-state index contributed by atoms with van der Waals surface area (Å²) in [5.74, 6) is -0.102. The highest BCUT2D eigenvalue weighted by molar-refractivity contribution is 6.03. The van der Waals surface area contributed by atoms with Gasteiger partial charge in [-0.15, -0.1) is 0 Å². The van der Waals surface area contributed by atoms with Gasteiger partial charge in [0, 0.05) is 19.4 Å². The van der Waals surface area contributed by atoms with Crippen molar-refractivity contribution in [1.29, 1.82) is 0 Å². The molecule has 0 aliphatic carbocycles. The topological polar surface area (TPSA) is 85.3 Å². The number of nitrogen functional groups attached to an aromatic ring is 1. The monoisotopic (exact) mass is 191 g/mol. The SMILES string of the molecule is CNC(=O)c1c(N)ncn2ccnc12. The number of nitrogens with two attached hydrogens (primary N) is 1. The van der Waals surface area contributed by atoms with Crippen molar-refractivity contribution in [2.75, 3.05) is 12.8 Å². The van der Waals surface area contributed by atoms with Crippen molar-refractivity contribution < 1.29 is 4.79 Å². The molecular weight excluding hydrogens is 182 g/mol. The molecule has 0 unspecified atom stereocenters. The van der Waals surface area contributed by atoms with E-state index < -0.39 is 0 Å². The fourth-order valence-electron chi connectivity index (χ4n) is 1.25. The Labute approximate surface area is 79.8 Å².